The number of aryl methyl sites for hydroxylation is 1. The van der Waals surface area contributed by atoms with E-state index in [9.17, 15) is 4.79 Å². The number of aromatic amines is 1. The summed E-state index contributed by atoms with van der Waals surface area (Å²) in [5.41, 5.74) is 6.54. The number of aromatic nitrogens is 3. The second-order valence-corrected chi connectivity index (χ2v) is 7.27. The largest absolute Gasteiger partial charge is 0.345 e. The Balaban J connectivity index is 1.75. The number of rotatable bonds is 5. The van der Waals surface area contributed by atoms with Gasteiger partial charge in [0.15, 0.2) is 5.78 Å². The molecule has 0 spiro atoms. The van der Waals surface area contributed by atoms with Gasteiger partial charge in [0.2, 0.25) is 0 Å². The van der Waals surface area contributed by atoms with Gasteiger partial charge in [0.1, 0.15) is 12.0 Å². The molecule has 3 aromatic rings. The molecule has 0 aliphatic heterocycles. The first-order chi connectivity index (χ1) is 13.2. The molecule has 4 rings (SSSR count). The van der Waals surface area contributed by atoms with Crippen LogP contribution in [0.3, 0.4) is 0 Å². The highest BCUT2D eigenvalue weighted by Gasteiger charge is 2.22. The number of ketones is 1. The summed E-state index contributed by atoms with van der Waals surface area (Å²) in [6.07, 6.45) is 10.8. The van der Waals surface area contributed by atoms with Gasteiger partial charge in [-0.05, 0) is 49.3 Å². The van der Waals surface area contributed by atoms with E-state index in [1.54, 1.807) is 6.33 Å². The summed E-state index contributed by atoms with van der Waals surface area (Å²) in [6.45, 7) is 5.69. The number of benzene rings is 1. The minimum Gasteiger partial charge on any atom is -0.345 e. The van der Waals surface area contributed by atoms with E-state index in [4.69, 9.17) is 0 Å². The number of fused-ring (bicyclic) bond motifs is 1. The number of allylic oxidation sites excluding steroid dienone is 3. The van der Waals surface area contributed by atoms with E-state index in [-0.39, 0.29) is 5.78 Å². The summed E-state index contributed by atoms with van der Waals surface area (Å²) in [5, 5.41) is 1.06. The van der Waals surface area contributed by atoms with E-state index in [1.807, 2.05) is 6.20 Å². The van der Waals surface area contributed by atoms with Crippen molar-refractivity contribution in [1.29, 1.82) is 0 Å². The highest BCUT2D eigenvalue weighted by atomic mass is 16.1. The molecule has 0 bridgehead atoms. The third-order valence-corrected chi connectivity index (χ3v) is 5.33. The molecule has 136 valence electrons. The molecule has 1 aromatic carbocycles. The van der Waals surface area contributed by atoms with Crippen molar-refractivity contribution in [2.75, 3.05) is 0 Å². The van der Waals surface area contributed by atoms with E-state index < -0.39 is 0 Å². The first kappa shape index (κ1) is 17.4. The van der Waals surface area contributed by atoms with Crippen LogP contribution in [0.1, 0.15) is 36.9 Å². The molecular formula is C23H23N3O. The number of carbonyl (C=O) groups is 1. The van der Waals surface area contributed by atoms with Gasteiger partial charge in [0.05, 0.1) is 11.1 Å². The van der Waals surface area contributed by atoms with E-state index in [1.165, 1.54) is 17.2 Å². The van der Waals surface area contributed by atoms with Gasteiger partial charge in [-0.3, -0.25) is 4.79 Å². The molecule has 0 fully saturated rings. The smallest absolute Gasteiger partial charge is 0.155 e. The lowest BCUT2D eigenvalue weighted by Gasteiger charge is -2.22. The van der Waals surface area contributed by atoms with Crippen LogP contribution in [0.5, 0.6) is 0 Å². The average molecular weight is 357 g/mol. The molecule has 1 aliphatic rings. The molecule has 27 heavy (non-hydrogen) atoms. The van der Waals surface area contributed by atoms with Gasteiger partial charge >= 0.3 is 0 Å². The van der Waals surface area contributed by atoms with Crippen molar-refractivity contribution in [3.8, 4) is 11.1 Å². The maximum Gasteiger partial charge on any atom is 0.155 e. The van der Waals surface area contributed by atoms with Gasteiger partial charge in [-0.25, -0.2) is 9.97 Å². The lowest BCUT2D eigenvalue weighted by atomic mass is 9.83. The molecule has 2 aromatic heterocycles. The molecule has 1 aliphatic carbocycles. The zero-order chi connectivity index (χ0) is 18.8. The van der Waals surface area contributed by atoms with Crippen LogP contribution >= 0.6 is 0 Å². The molecule has 4 nitrogen and oxygen atoms in total. The second kappa shape index (κ2) is 7.31. The fourth-order valence-electron chi connectivity index (χ4n) is 3.89. The molecule has 1 unspecified atom stereocenters. The zero-order valence-corrected chi connectivity index (χ0v) is 15.5. The topological polar surface area (TPSA) is 58.6 Å². The van der Waals surface area contributed by atoms with Crippen LogP contribution in [0.15, 0.2) is 55.5 Å². The molecule has 4 heteroatoms. The van der Waals surface area contributed by atoms with Crippen LogP contribution < -0.4 is 0 Å². The highest BCUT2D eigenvalue weighted by Crippen LogP contribution is 2.38. The third-order valence-electron chi connectivity index (χ3n) is 5.33. The van der Waals surface area contributed by atoms with Crippen molar-refractivity contribution in [1.82, 2.24) is 15.0 Å². The fourth-order valence-corrected chi connectivity index (χ4v) is 3.89. The van der Waals surface area contributed by atoms with E-state index in [0.717, 1.165) is 47.1 Å². The first-order valence-corrected chi connectivity index (χ1v) is 9.39. The Morgan fingerprint density at radius 3 is 2.89 bits per heavy atom. The van der Waals surface area contributed by atoms with Crippen LogP contribution in [0.2, 0.25) is 0 Å². The van der Waals surface area contributed by atoms with Crippen molar-refractivity contribution < 1.29 is 4.79 Å². The van der Waals surface area contributed by atoms with Crippen molar-refractivity contribution >= 4 is 22.4 Å². The number of hydrogen-bond acceptors (Lipinski definition) is 3. The lowest BCUT2D eigenvalue weighted by Crippen LogP contribution is -2.11. The average Bonchev–Trinajstić information content (AvgIpc) is 3.13. The van der Waals surface area contributed by atoms with Crippen LogP contribution in [-0.4, -0.2) is 20.7 Å². The minimum atomic E-state index is 0.121. The molecule has 0 saturated heterocycles. The summed E-state index contributed by atoms with van der Waals surface area (Å²) in [7, 11) is 0. The highest BCUT2D eigenvalue weighted by molar-refractivity contribution is 6.00. The normalized spacial score (nSPS) is 16.9. The fraction of sp³-hybridized carbons (Fsp3) is 0.261. The van der Waals surface area contributed by atoms with Crippen molar-refractivity contribution in [3.63, 3.8) is 0 Å². The Labute approximate surface area is 159 Å². The van der Waals surface area contributed by atoms with Gasteiger partial charge in [-0.2, -0.15) is 0 Å². The summed E-state index contributed by atoms with van der Waals surface area (Å²) >= 11 is 0. The van der Waals surface area contributed by atoms with Crippen LogP contribution in [-0.2, 0) is 4.79 Å². The van der Waals surface area contributed by atoms with E-state index in [2.05, 4.69) is 58.8 Å². The summed E-state index contributed by atoms with van der Waals surface area (Å²) in [6, 6.07) is 8.51. The molecular weight excluding hydrogens is 334 g/mol. The second-order valence-electron chi connectivity index (χ2n) is 7.27. The summed E-state index contributed by atoms with van der Waals surface area (Å²) in [4.78, 5) is 24.1. The van der Waals surface area contributed by atoms with Gasteiger partial charge in [0.25, 0.3) is 0 Å². The molecule has 0 radical (unpaired) electrons. The third kappa shape index (κ3) is 3.47. The number of H-pyrrole nitrogens is 1. The minimum absolute atomic E-state index is 0.121. The van der Waals surface area contributed by atoms with Gasteiger partial charge in [-0.15, -0.1) is 0 Å². The Bertz CT molecular complexity index is 1030. The Morgan fingerprint density at radius 2 is 2.11 bits per heavy atom. The van der Waals surface area contributed by atoms with Crippen LogP contribution in [0, 0.1) is 12.8 Å². The predicted molar refractivity (Wildman–Crippen MR) is 109 cm³/mol. The number of carbonyl (C=O) groups excluding carboxylic acids is 1. The monoisotopic (exact) mass is 357 g/mol. The quantitative estimate of drug-likeness (QED) is 0.634. The van der Waals surface area contributed by atoms with E-state index >= 15 is 0 Å². The maximum absolute atomic E-state index is 11.8. The Hall–Kier alpha value is -3.01. The van der Waals surface area contributed by atoms with Crippen molar-refractivity contribution in [3.05, 3.63) is 66.8 Å². The van der Waals surface area contributed by atoms with Gasteiger partial charge in [-0.1, -0.05) is 42.5 Å². The summed E-state index contributed by atoms with van der Waals surface area (Å²) in [5.74, 6) is 0.471. The molecule has 0 amide bonds. The molecule has 1 N–H and O–H groups in total. The molecule has 0 saturated carbocycles. The van der Waals surface area contributed by atoms with Crippen LogP contribution in [0.4, 0.5) is 0 Å². The summed E-state index contributed by atoms with van der Waals surface area (Å²) < 4.78 is 0. The van der Waals surface area contributed by atoms with Gasteiger partial charge in [0, 0.05) is 18.2 Å². The SMILES string of the molecule is C=CC(=O)CC1CCC=C(c2ncnc3[nH]cc(-c4ccc(C)cc4)c23)C1. The predicted octanol–water partition coefficient (Wildman–Crippen LogP) is 5.26. The number of nitrogens with one attached hydrogen (secondary N) is 1. The van der Waals surface area contributed by atoms with Gasteiger partial charge < -0.3 is 4.98 Å². The standard InChI is InChI=1S/C23H23N3O/c1-3-19(27)12-16-5-4-6-18(11-16)22-21-20(13-24-23(21)26-14-25-22)17-9-7-15(2)8-10-17/h3,6-10,13-14,16H,1,4-5,11-12H2,2H3,(H,24,25,26). The van der Waals surface area contributed by atoms with Crippen molar-refractivity contribution in [2.45, 2.75) is 32.6 Å². The Morgan fingerprint density at radius 1 is 1.30 bits per heavy atom. The van der Waals surface area contributed by atoms with Crippen LogP contribution in [0.25, 0.3) is 27.7 Å². The van der Waals surface area contributed by atoms with E-state index in [0.29, 0.717) is 12.3 Å². The Kier molecular flexibility index (Phi) is 4.71. The zero-order valence-electron chi connectivity index (χ0n) is 15.5. The number of nitrogens with zero attached hydrogens (tertiary/aromatic N) is 2. The molecule has 2 heterocycles. The number of hydrogen-bond donors (Lipinski definition) is 1. The maximum atomic E-state index is 11.8. The lowest BCUT2D eigenvalue weighted by molar-refractivity contribution is -0.115. The first-order valence-electron chi connectivity index (χ1n) is 9.39. The molecule has 1 atom stereocenters. The van der Waals surface area contributed by atoms with Crippen molar-refractivity contribution in [2.24, 2.45) is 5.92 Å².